The summed E-state index contributed by atoms with van der Waals surface area (Å²) >= 11 is 0. The van der Waals surface area contributed by atoms with Crippen molar-refractivity contribution in [2.24, 2.45) is 17.8 Å². The number of nitrogens with one attached hydrogen (secondary N) is 1. The zero-order chi connectivity index (χ0) is 19.9. The van der Waals surface area contributed by atoms with Gasteiger partial charge in [-0.2, -0.15) is 4.31 Å². The number of likely N-dealkylation sites (N-methyl/N-ethyl adjacent to an activating group) is 1. The van der Waals surface area contributed by atoms with E-state index in [0.29, 0.717) is 10.8 Å². The molecule has 0 unspecified atom stereocenters. The highest BCUT2D eigenvalue weighted by atomic mass is 32.2. The molecule has 4 atom stereocenters. The largest absolute Gasteiger partial charge is 0.352 e. The average Bonchev–Trinajstić information content (AvgIpc) is 3.16. The Kier molecular flexibility index (Phi) is 5.69. The number of aryl methyl sites for hydroxylation is 3. The summed E-state index contributed by atoms with van der Waals surface area (Å²) in [6, 6.07) is 3.84. The van der Waals surface area contributed by atoms with E-state index in [1.54, 1.807) is 13.8 Å². The third-order valence-electron chi connectivity index (χ3n) is 6.46. The highest BCUT2D eigenvalue weighted by Crippen LogP contribution is 2.49. The van der Waals surface area contributed by atoms with Gasteiger partial charge in [-0.3, -0.25) is 4.79 Å². The molecule has 2 bridgehead atoms. The Morgan fingerprint density at radius 2 is 1.81 bits per heavy atom. The van der Waals surface area contributed by atoms with Crippen LogP contribution < -0.4 is 5.32 Å². The second kappa shape index (κ2) is 7.55. The summed E-state index contributed by atoms with van der Waals surface area (Å²) in [5, 5.41) is 3.05. The van der Waals surface area contributed by atoms with Crippen molar-refractivity contribution in [3.8, 4) is 0 Å². The van der Waals surface area contributed by atoms with Crippen LogP contribution in [0.3, 0.4) is 0 Å². The van der Waals surface area contributed by atoms with E-state index in [-0.39, 0.29) is 18.5 Å². The third-order valence-corrected chi connectivity index (χ3v) is 8.57. The van der Waals surface area contributed by atoms with E-state index in [2.05, 4.69) is 12.2 Å². The van der Waals surface area contributed by atoms with Crippen molar-refractivity contribution >= 4 is 15.9 Å². The van der Waals surface area contributed by atoms with Crippen LogP contribution >= 0.6 is 0 Å². The number of nitrogens with zero attached hydrogens (tertiary/aromatic N) is 1. The summed E-state index contributed by atoms with van der Waals surface area (Å²) in [6.07, 6.45) is 5.10. The second-order valence-electron chi connectivity index (χ2n) is 8.68. The van der Waals surface area contributed by atoms with Crippen molar-refractivity contribution in [1.82, 2.24) is 9.62 Å². The Hall–Kier alpha value is -1.40. The van der Waals surface area contributed by atoms with Crippen LogP contribution in [0.4, 0.5) is 0 Å². The van der Waals surface area contributed by atoms with E-state index in [4.69, 9.17) is 0 Å². The van der Waals surface area contributed by atoms with Crippen LogP contribution in [0.25, 0.3) is 0 Å². The lowest BCUT2D eigenvalue weighted by Gasteiger charge is -2.29. The van der Waals surface area contributed by atoms with E-state index in [0.717, 1.165) is 28.5 Å². The zero-order valence-electron chi connectivity index (χ0n) is 17.1. The summed E-state index contributed by atoms with van der Waals surface area (Å²) in [5.41, 5.74) is 2.47. The molecule has 0 aromatic heterocycles. The molecule has 27 heavy (non-hydrogen) atoms. The van der Waals surface area contributed by atoms with Gasteiger partial charge < -0.3 is 5.32 Å². The van der Waals surface area contributed by atoms with Crippen LogP contribution in [-0.2, 0) is 14.8 Å². The molecule has 0 heterocycles. The minimum absolute atomic E-state index is 0.103. The molecule has 0 spiro atoms. The molecule has 3 rings (SSSR count). The van der Waals surface area contributed by atoms with E-state index >= 15 is 0 Å². The minimum atomic E-state index is -3.70. The Bertz CT molecular complexity index is 811. The molecule has 2 aliphatic carbocycles. The fourth-order valence-corrected chi connectivity index (χ4v) is 6.86. The summed E-state index contributed by atoms with van der Waals surface area (Å²) in [4.78, 5) is 12.8. The van der Waals surface area contributed by atoms with Crippen molar-refractivity contribution in [3.05, 3.63) is 28.8 Å². The fraction of sp³-hybridized carbons (Fsp3) is 0.667. The van der Waals surface area contributed by atoms with Crippen LogP contribution in [0.1, 0.15) is 49.3 Å². The van der Waals surface area contributed by atoms with Gasteiger partial charge in [0.2, 0.25) is 15.9 Å². The van der Waals surface area contributed by atoms with Crippen molar-refractivity contribution in [1.29, 1.82) is 0 Å². The van der Waals surface area contributed by atoms with Gasteiger partial charge in [0.1, 0.15) is 0 Å². The number of sulfonamides is 1. The fourth-order valence-electron chi connectivity index (χ4n) is 5.33. The van der Waals surface area contributed by atoms with Crippen molar-refractivity contribution in [3.63, 3.8) is 0 Å². The quantitative estimate of drug-likeness (QED) is 0.809. The number of hydrogen-bond acceptors (Lipinski definition) is 3. The number of hydrogen-bond donors (Lipinski definition) is 1. The predicted octanol–water partition coefficient (Wildman–Crippen LogP) is 3.17. The Morgan fingerprint density at radius 1 is 1.19 bits per heavy atom. The minimum Gasteiger partial charge on any atom is -0.352 e. The van der Waals surface area contributed by atoms with Crippen LogP contribution in [0, 0.1) is 38.5 Å². The normalized spacial score (nSPS) is 25.8. The summed E-state index contributed by atoms with van der Waals surface area (Å²) in [5.74, 6) is 1.87. The summed E-state index contributed by atoms with van der Waals surface area (Å²) in [7, 11) is -2.22. The molecule has 1 amide bonds. The molecular weight excluding hydrogens is 360 g/mol. The molecule has 1 aromatic carbocycles. The lowest BCUT2D eigenvalue weighted by Crippen LogP contribution is -2.45. The first-order chi connectivity index (χ1) is 12.6. The van der Waals surface area contributed by atoms with E-state index in [1.165, 1.54) is 37.0 Å². The Labute approximate surface area is 163 Å². The number of benzene rings is 1. The molecular formula is C21H32N2O3S. The number of amides is 1. The van der Waals surface area contributed by atoms with Crippen LogP contribution in [0.15, 0.2) is 17.0 Å². The number of fused-ring (bicyclic) bond motifs is 2. The van der Waals surface area contributed by atoms with Gasteiger partial charge in [0.25, 0.3) is 0 Å². The maximum atomic E-state index is 13.0. The van der Waals surface area contributed by atoms with Gasteiger partial charge in [-0.25, -0.2) is 8.42 Å². The molecule has 0 saturated heterocycles. The van der Waals surface area contributed by atoms with Crippen LogP contribution in [-0.4, -0.2) is 38.3 Å². The molecule has 150 valence electrons. The average molecular weight is 393 g/mol. The maximum absolute atomic E-state index is 13.0. The van der Waals surface area contributed by atoms with Gasteiger partial charge in [-0.05, 0) is 75.8 Å². The molecule has 0 radical (unpaired) electrons. The molecule has 2 aliphatic rings. The predicted molar refractivity (Wildman–Crippen MR) is 107 cm³/mol. The first kappa shape index (κ1) is 20.3. The van der Waals surface area contributed by atoms with Gasteiger partial charge >= 0.3 is 0 Å². The van der Waals surface area contributed by atoms with Gasteiger partial charge in [0, 0.05) is 13.1 Å². The van der Waals surface area contributed by atoms with Crippen molar-refractivity contribution in [2.75, 3.05) is 13.6 Å². The van der Waals surface area contributed by atoms with E-state index in [1.807, 2.05) is 19.1 Å². The number of carbonyl (C=O) groups is 1. The van der Waals surface area contributed by atoms with E-state index in [9.17, 15) is 13.2 Å². The SMILES string of the molecule is Cc1cc(C)c(S(=O)(=O)N(C)CC(=O)N[C@H](C)[C@@H]2C[C@H]3CC[C@H]2C3)c(C)c1. The topological polar surface area (TPSA) is 66.5 Å². The Balaban J connectivity index is 1.65. The highest BCUT2D eigenvalue weighted by Gasteiger charge is 2.42. The zero-order valence-corrected chi connectivity index (χ0v) is 17.9. The van der Waals surface area contributed by atoms with E-state index < -0.39 is 10.0 Å². The Morgan fingerprint density at radius 3 is 2.33 bits per heavy atom. The third kappa shape index (κ3) is 4.06. The second-order valence-corrected chi connectivity index (χ2v) is 10.7. The number of rotatable bonds is 6. The first-order valence-electron chi connectivity index (χ1n) is 9.93. The summed E-state index contributed by atoms with van der Waals surface area (Å²) < 4.78 is 27.2. The van der Waals surface area contributed by atoms with Gasteiger partial charge in [0.15, 0.2) is 0 Å². The monoisotopic (exact) mass is 392 g/mol. The van der Waals surface area contributed by atoms with Gasteiger partial charge in [0.05, 0.1) is 11.4 Å². The van der Waals surface area contributed by atoms with Crippen LogP contribution in [0.5, 0.6) is 0 Å². The smallest absolute Gasteiger partial charge is 0.243 e. The molecule has 1 aromatic rings. The van der Waals surface area contributed by atoms with Crippen molar-refractivity contribution < 1.29 is 13.2 Å². The van der Waals surface area contributed by atoms with Gasteiger partial charge in [-0.15, -0.1) is 0 Å². The van der Waals surface area contributed by atoms with Crippen LogP contribution in [0.2, 0.25) is 0 Å². The maximum Gasteiger partial charge on any atom is 0.243 e. The summed E-state index contributed by atoms with van der Waals surface area (Å²) in [6.45, 7) is 7.47. The molecule has 5 nitrogen and oxygen atoms in total. The molecule has 2 fully saturated rings. The molecule has 6 heteroatoms. The first-order valence-corrected chi connectivity index (χ1v) is 11.4. The molecule has 0 aliphatic heterocycles. The number of carbonyl (C=O) groups excluding carboxylic acids is 1. The highest BCUT2D eigenvalue weighted by molar-refractivity contribution is 7.89. The standard InChI is InChI=1S/C21H32N2O3S/c1-13-8-14(2)21(15(3)9-13)27(25,26)23(5)12-20(24)22-16(4)19-11-17-6-7-18(19)10-17/h8-9,16-19H,6-7,10-12H2,1-5H3,(H,22,24)/t16-,17+,18+,19+/m1/s1. The van der Waals surface area contributed by atoms with Crippen molar-refractivity contribution in [2.45, 2.75) is 64.3 Å². The molecule has 1 N–H and O–H groups in total. The lowest BCUT2D eigenvalue weighted by molar-refractivity contribution is -0.122. The molecule has 2 saturated carbocycles. The van der Waals surface area contributed by atoms with Gasteiger partial charge in [-0.1, -0.05) is 24.1 Å². The lowest BCUT2D eigenvalue weighted by atomic mass is 9.84.